The fraction of sp³-hybridized carbons (Fsp3) is 0.676. The van der Waals surface area contributed by atoms with E-state index in [-0.39, 0.29) is 37.0 Å². The average Bonchev–Trinajstić information content (AvgIpc) is 2.93. The van der Waals surface area contributed by atoms with Crippen LogP contribution >= 0.6 is 11.8 Å². The quantitative estimate of drug-likeness (QED) is 0.0933. The second kappa shape index (κ2) is 20.6. The van der Waals surface area contributed by atoms with Crippen molar-refractivity contribution in [2.75, 3.05) is 24.6 Å². The van der Waals surface area contributed by atoms with Gasteiger partial charge in [-0.05, 0) is 80.7 Å². The molecule has 0 fully saturated rings. The number of benzene rings is 1. The van der Waals surface area contributed by atoms with Gasteiger partial charge in [-0.2, -0.15) is 11.8 Å². The molecule has 0 heterocycles. The van der Waals surface area contributed by atoms with Gasteiger partial charge in [0.05, 0.1) is 6.04 Å². The van der Waals surface area contributed by atoms with E-state index >= 15 is 0 Å². The highest BCUT2D eigenvalue weighted by molar-refractivity contribution is 7.99. The summed E-state index contributed by atoms with van der Waals surface area (Å²) in [5, 5.41) is 10.9. The number of hydrogen-bond donors (Lipinski definition) is 4. The van der Waals surface area contributed by atoms with Crippen molar-refractivity contribution in [3.8, 4) is 0 Å². The second-order valence-electron chi connectivity index (χ2n) is 14.2. The van der Waals surface area contributed by atoms with Gasteiger partial charge in [-0.1, -0.05) is 36.8 Å². The molecule has 2 atom stereocenters. The van der Waals surface area contributed by atoms with E-state index in [2.05, 4.69) is 21.3 Å². The molecule has 0 bridgehead atoms. The third-order valence-corrected chi connectivity index (χ3v) is 7.03. The molecular formula is C34H56N4O9S. The Morgan fingerprint density at radius 2 is 1.25 bits per heavy atom. The summed E-state index contributed by atoms with van der Waals surface area (Å²) in [6, 6.07) is 7.93. The van der Waals surface area contributed by atoms with Gasteiger partial charge >= 0.3 is 24.2 Å². The first-order chi connectivity index (χ1) is 22.2. The number of carbonyl (C=O) groups excluding carboxylic acids is 5. The number of ether oxygens (including phenoxy) is 4. The van der Waals surface area contributed by atoms with Crippen LogP contribution in [0.3, 0.4) is 0 Å². The van der Waals surface area contributed by atoms with E-state index in [0.29, 0.717) is 25.8 Å². The van der Waals surface area contributed by atoms with Crippen LogP contribution in [0.15, 0.2) is 30.3 Å². The zero-order chi connectivity index (χ0) is 36.4. The lowest BCUT2D eigenvalue weighted by molar-refractivity contribution is -0.145. The van der Waals surface area contributed by atoms with Gasteiger partial charge in [-0.15, -0.1) is 0 Å². The summed E-state index contributed by atoms with van der Waals surface area (Å²) in [6.07, 6.45) is 0.169. The van der Waals surface area contributed by atoms with E-state index in [1.165, 1.54) is 11.8 Å². The zero-order valence-corrected chi connectivity index (χ0v) is 30.8. The van der Waals surface area contributed by atoms with Gasteiger partial charge < -0.3 is 40.2 Å². The zero-order valence-electron chi connectivity index (χ0n) is 30.0. The Labute approximate surface area is 289 Å². The maximum atomic E-state index is 13.1. The van der Waals surface area contributed by atoms with Crippen LogP contribution in [0.1, 0.15) is 93.6 Å². The van der Waals surface area contributed by atoms with Crippen molar-refractivity contribution in [1.82, 2.24) is 21.3 Å². The molecule has 0 aliphatic rings. The molecule has 0 aliphatic heterocycles. The fourth-order valence-corrected chi connectivity index (χ4v) is 4.92. The number of carbonyl (C=O) groups is 5. The van der Waals surface area contributed by atoms with Crippen LogP contribution in [-0.2, 0) is 35.1 Å². The van der Waals surface area contributed by atoms with E-state index in [4.69, 9.17) is 18.9 Å². The van der Waals surface area contributed by atoms with Gasteiger partial charge in [0.15, 0.2) is 0 Å². The third kappa shape index (κ3) is 22.8. The van der Waals surface area contributed by atoms with E-state index < -0.39 is 53.1 Å². The van der Waals surface area contributed by atoms with Crippen molar-refractivity contribution in [2.24, 2.45) is 0 Å². The smallest absolute Gasteiger partial charge is 0.408 e. The Hall–Kier alpha value is -3.68. The minimum atomic E-state index is -0.946. The number of alkyl carbamates (subject to hydrolysis) is 3. The summed E-state index contributed by atoms with van der Waals surface area (Å²) < 4.78 is 21.3. The third-order valence-electron chi connectivity index (χ3n) is 5.82. The molecule has 13 nitrogen and oxygen atoms in total. The first-order valence-electron chi connectivity index (χ1n) is 16.2. The van der Waals surface area contributed by atoms with Crippen molar-refractivity contribution >= 4 is 41.9 Å². The van der Waals surface area contributed by atoms with Crippen LogP contribution < -0.4 is 21.3 Å². The summed E-state index contributed by atoms with van der Waals surface area (Å²) >= 11 is 1.29. The summed E-state index contributed by atoms with van der Waals surface area (Å²) in [5.41, 5.74) is -1.27. The molecular weight excluding hydrogens is 640 g/mol. The monoisotopic (exact) mass is 696 g/mol. The molecule has 48 heavy (non-hydrogen) atoms. The highest BCUT2D eigenvalue weighted by Gasteiger charge is 2.26. The lowest BCUT2D eigenvalue weighted by atomic mass is 10.2. The number of rotatable bonds is 17. The average molecular weight is 697 g/mol. The number of thioether (sulfide) groups is 1. The van der Waals surface area contributed by atoms with Gasteiger partial charge in [-0.25, -0.2) is 14.4 Å². The SMILES string of the molecule is CC(C)(C)OC(=O)NC[C@@H](CSC[C@H](NC(=O)OC(C)(C)C)C(=O)NCCCCCC(=O)OCc1ccccc1)NC(=O)OC(C)(C)C. The number of nitrogens with one attached hydrogen (secondary N) is 4. The molecule has 0 radical (unpaired) electrons. The minimum Gasteiger partial charge on any atom is -0.461 e. The molecule has 1 aromatic carbocycles. The summed E-state index contributed by atoms with van der Waals surface area (Å²) in [6.45, 7) is 16.2. The molecule has 0 saturated heterocycles. The summed E-state index contributed by atoms with van der Waals surface area (Å²) in [5.74, 6) is -0.256. The van der Waals surface area contributed by atoms with Gasteiger partial charge in [-0.3, -0.25) is 9.59 Å². The van der Waals surface area contributed by atoms with Crippen LogP contribution in [0.25, 0.3) is 0 Å². The molecule has 0 saturated carbocycles. The van der Waals surface area contributed by atoms with Crippen molar-refractivity contribution < 1.29 is 42.9 Å². The van der Waals surface area contributed by atoms with Crippen LogP contribution in [0.2, 0.25) is 0 Å². The van der Waals surface area contributed by atoms with Crippen LogP contribution in [0.4, 0.5) is 14.4 Å². The van der Waals surface area contributed by atoms with E-state index in [1.807, 2.05) is 30.3 Å². The first-order valence-corrected chi connectivity index (χ1v) is 17.4. The maximum Gasteiger partial charge on any atom is 0.408 e. The molecule has 14 heteroatoms. The first kappa shape index (κ1) is 42.3. The highest BCUT2D eigenvalue weighted by atomic mass is 32.2. The molecule has 0 aliphatic carbocycles. The Balaban J connectivity index is 2.69. The number of unbranched alkanes of at least 4 members (excludes halogenated alkanes) is 2. The standard InChI is InChI=1S/C34H56N4O9S/c1-32(2,3)45-29(41)36-20-25(37-30(42)46-33(4,5)6)22-48-23-26(38-31(43)47-34(7,8)9)28(40)35-19-15-11-14-18-27(39)44-21-24-16-12-10-13-17-24/h10,12-13,16-17,25-26H,11,14-15,18-23H2,1-9H3,(H,35,40)(H,36,41)(H,37,42)(H,38,43)/t25-,26-/m0/s1. The van der Waals surface area contributed by atoms with Crippen LogP contribution in [0.5, 0.6) is 0 Å². The number of amides is 4. The van der Waals surface area contributed by atoms with E-state index in [0.717, 1.165) is 5.56 Å². The normalized spacial score (nSPS) is 12.9. The molecule has 4 N–H and O–H groups in total. The van der Waals surface area contributed by atoms with Gasteiger partial charge in [0.2, 0.25) is 5.91 Å². The van der Waals surface area contributed by atoms with Crippen LogP contribution in [0, 0.1) is 0 Å². The Morgan fingerprint density at radius 1 is 0.688 bits per heavy atom. The lowest BCUT2D eigenvalue weighted by Gasteiger charge is -2.26. The van der Waals surface area contributed by atoms with Gasteiger partial charge in [0.1, 0.15) is 29.5 Å². The van der Waals surface area contributed by atoms with Gasteiger partial charge in [0, 0.05) is 31.0 Å². The highest BCUT2D eigenvalue weighted by Crippen LogP contribution is 2.12. The number of esters is 1. The topological polar surface area (TPSA) is 170 Å². The maximum absolute atomic E-state index is 13.1. The van der Waals surface area contributed by atoms with Gasteiger partial charge in [0.25, 0.3) is 0 Å². The second-order valence-corrected chi connectivity index (χ2v) is 15.3. The summed E-state index contributed by atoms with van der Waals surface area (Å²) in [4.78, 5) is 62.5. The van der Waals surface area contributed by atoms with Crippen LogP contribution in [-0.4, -0.2) is 83.6 Å². The molecule has 1 rings (SSSR count). The molecule has 272 valence electrons. The predicted molar refractivity (Wildman–Crippen MR) is 186 cm³/mol. The fourth-order valence-electron chi connectivity index (χ4n) is 3.82. The number of hydrogen-bond acceptors (Lipinski definition) is 10. The Kier molecular flexibility index (Phi) is 18.2. The van der Waals surface area contributed by atoms with E-state index in [1.54, 1.807) is 62.3 Å². The summed E-state index contributed by atoms with van der Waals surface area (Å²) in [7, 11) is 0. The van der Waals surface area contributed by atoms with Crippen molar-refractivity contribution in [3.63, 3.8) is 0 Å². The predicted octanol–water partition coefficient (Wildman–Crippen LogP) is 5.45. The largest absolute Gasteiger partial charge is 0.461 e. The van der Waals surface area contributed by atoms with Crippen molar-refractivity contribution in [3.05, 3.63) is 35.9 Å². The van der Waals surface area contributed by atoms with Crippen molar-refractivity contribution in [2.45, 2.75) is 123 Å². The molecule has 1 aromatic rings. The molecule has 0 aromatic heterocycles. The molecule has 0 unspecified atom stereocenters. The Morgan fingerprint density at radius 3 is 1.83 bits per heavy atom. The minimum absolute atomic E-state index is 0.0390. The van der Waals surface area contributed by atoms with E-state index in [9.17, 15) is 24.0 Å². The van der Waals surface area contributed by atoms with Crippen molar-refractivity contribution in [1.29, 1.82) is 0 Å². The lowest BCUT2D eigenvalue weighted by Crippen LogP contribution is -2.50. The Bertz CT molecular complexity index is 1160. The molecule has 4 amide bonds. The molecule has 0 spiro atoms.